The fourth-order valence-electron chi connectivity index (χ4n) is 5.92. The summed E-state index contributed by atoms with van der Waals surface area (Å²) in [6.07, 6.45) is 11.3. The molecule has 1 atom stereocenters. The Balaban J connectivity index is 1.03. The second kappa shape index (κ2) is 13.0. The lowest BCUT2D eigenvalue weighted by Gasteiger charge is -2.36. The first-order valence-corrected chi connectivity index (χ1v) is 14.8. The van der Waals surface area contributed by atoms with E-state index in [9.17, 15) is 4.79 Å². The van der Waals surface area contributed by atoms with E-state index < -0.39 is 0 Å². The van der Waals surface area contributed by atoms with Crippen molar-refractivity contribution >= 4 is 16.8 Å². The summed E-state index contributed by atoms with van der Waals surface area (Å²) >= 11 is 0. The van der Waals surface area contributed by atoms with Crippen molar-refractivity contribution in [1.82, 2.24) is 24.3 Å². The molecular formula is C35H37N5O2. The van der Waals surface area contributed by atoms with Gasteiger partial charge in [-0.2, -0.15) is 0 Å². The van der Waals surface area contributed by atoms with Crippen LogP contribution in [-0.2, 0) is 13.1 Å². The highest BCUT2D eigenvalue weighted by atomic mass is 16.5. The molecule has 1 unspecified atom stereocenters. The van der Waals surface area contributed by atoms with Crippen molar-refractivity contribution in [1.29, 1.82) is 0 Å². The first kappa shape index (κ1) is 27.7. The van der Waals surface area contributed by atoms with Gasteiger partial charge in [0.05, 0.1) is 18.5 Å². The summed E-state index contributed by atoms with van der Waals surface area (Å²) in [6, 6.07) is 26.8. The van der Waals surface area contributed by atoms with Gasteiger partial charge in [-0.15, -0.1) is 0 Å². The monoisotopic (exact) mass is 559 g/mol. The molecule has 0 bridgehead atoms. The van der Waals surface area contributed by atoms with Crippen LogP contribution in [0.2, 0.25) is 0 Å². The fourth-order valence-corrected chi connectivity index (χ4v) is 5.92. The third-order valence-corrected chi connectivity index (χ3v) is 8.03. The van der Waals surface area contributed by atoms with Crippen LogP contribution in [0.25, 0.3) is 16.6 Å². The third kappa shape index (κ3) is 6.52. The van der Waals surface area contributed by atoms with Crippen LogP contribution in [-0.4, -0.2) is 56.5 Å². The van der Waals surface area contributed by atoms with Crippen LogP contribution < -0.4 is 4.74 Å². The molecule has 7 heteroatoms. The number of fused-ring (bicyclic) bond motifs is 1. The Morgan fingerprint density at radius 2 is 1.83 bits per heavy atom. The summed E-state index contributed by atoms with van der Waals surface area (Å²) in [6.45, 7) is 3.00. The van der Waals surface area contributed by atoms with Gasteiger partial charge in [-0.25, -0.2) is 4.98 Å². The molecule has 3 aromatic carbocycles. The van der Waals surface area contributed by atoms with E-state index in [2.05, 4.69) is 64.4 Å². The maximum atomic E-state index is 13.4. The molecule has 5 aromatic rings. The van der Waals surface area contributed by atoms with Crippen molar-refractivity contribution in [3.05, 3.63) is 120 Å². The van der Waals surface area contributed by atoms with Gasteiger partial charge in [0.1, 0.15) is 5.75 Å². The number of piperidine rings is 1. The normalized spacial score (nSPS) is 15.3. The third-order valence-electron chi connectivity index (χ3n) is 8.03. The Kier molecular flexibility index (Phi) is 8.56. The van der Waals surface area contributed by atoms with E-state index in [4.69, 9.17) is 4.74 Å². The lowest BCUT2D eigenvalue weighted by atomic mass is 9.98. The maximum absolute atomic E-state index is 13.4. The number of para-hydroxylation sites is 1. The average Bonchev–Trinajstić information content (AvgIpc) is 3.57. The minimum absolute atomic E-state index is 0.100. The summed E-state index contributed by atoms with van der Waals surface area (Å²) in [4.78, 5) is 26.5. The van der Waals surface area contributed by atoms with Crippen LogP contribution in [0.1, 0.15) is 47.2 Å². The summed E-state index contributed by atoms with van der Waals surface area (Å²) in [7, 11) is 2.13. The van der Waals surface area contributed by atoms with Crippen LogP contribution in [0.15, 0.2) is 104 Å². The van der Waals surface area contributed by atoms with Gasteiger partial charge in [0.25, 0.3) is 5.91 Å². The van der Waals surface area contributed by atoms with Crippen LogP contribution in [0.4, 0.5) is 0 Å². The molecule has 3 heterocycles. The minimum Gasteiger partial charge on any atom is -0.494 e. The van der Waals surface area contributed by atoms with E-state index in [1.807, 2.05) is 58.3 Å². The molecule has 0 radical (unpaired) electrons. The number of aromatic nitrogens is 3. The standard InChI is InChI=1S/C35H37N5O2/c1-38(25-30-9-5-8-28-10-6-18-37-34(28)30)24-27-7-4-12-33(23-27)42-22-17-32-11-2-3-20-40(32)35(41)29-13-15-31(16-14-29)39-21-19-36-26-39/h4-10,12-16,18-19,21,23,26,32H,2-3,11,17,20,22,24-25H2,1H3. The van der Waals surface area contributed by atoms with E-state index in [1.54, 1.807) is 12.5 Å². The number of carbonyl (C=O) groups is 1. The van der Waals surface area contributed by atoms with Gasteiger partial charge >= 0.3 is 0 Å². The highest BCUT2D eigenvalue weighted by molar-refractivity contribution is 5.94. The average molecular weight is 560 g/mol. The van der Waals surface area contributed by atoms with Crippen LogP contribution in [0.3, 0.4) is 0 Å². The number of amides is 1. The van der Waals surface area contributed by atoms with Crippen molar-refractivity contribution in [3.63, 3.8) is 0 Å². The van der Waals surface area contributed by atoms with Crippen LogP contribution in [0.5, 0.6) is 5.75 Å². The summed E-state index contributed by atoms with van der Waals surface area (Å²) in [5, 5.41) is 1.17. The van der Waals surface area contributed by atoms with Crippen molar-refractivity contribution in [3.8, 4) is 11.4 Å². The zero-order chi connectivity index (χ0) is 28.7. The van der Waals surface area contributed by atoms with E-state index in [-0.39, 0.29) is 11.9 Å². The van der Waals surface area contributed by atoms with Gasteiger partial charge in [-0.1, -0.05) is 36.4 Å². The summed E-state index contributed by atoms with van der Waals surface area (Å²) in [5.74, 6) is 0.972. The highest BCUT2D eigenvalue weighted by Crippen LogP contribution is 2.24. The number of hydrogen-bond donors (Lipinski definition) is 0. The number of hydrogen-bond acceptors (Lipinski definition) is 5. The van der Waals surface area contributed by atoms with E-state index >= 15 is 0 Å². The Labute approximate surface area is 247 Å². The molecular weight excluding hydrogens is 522 g/mol. The highest BCUT2D eigenvalue weighted by Gasteiger charge is 2.27. The molecule has 42 heavy (non-hydrogen) atoms. The number of nitrogens with zero attached hydrogens (tertiary/aromatic N) is 5. The van der Waals surface area contributed by atoms with Crippen molar-refractivity contribution in [2.45, 2.75) is 44.8 Å². The van der Waals surface area contributed by atoms with Gasteiger partial charge in [0.2, 0.25) is 0 Å². The number of ether oxygens (including phenoxy) is 1. The van der Waals surface area contributed by atoms with Crippen molar-refractivity contribution < 1.29 is 9.53 Å². The van der Waals surface area contributed by atoms with Gasteiger partial charge in [0.15, 0.2) is 0 Å². The lowest BCUT2D eigenvalue weighted by Crippen LogP contribution is -2.44. The first-order valence-electron chi connectivity index (χ1n) is 14.8. The predicted molar refractivity (Wildman–Crippen MR) is 166 cm³/mol. The van der Waals surface area contributed by atoms with Crippen LogP contribution >= 0.6 is 0 Å². The van der Waals surface area contributed by atoms with E-state index in [0.29, 0.717) is 6.61 Å². The largest absolute Gasteiger partial charge is 0.494 e. The second-order valence-electron chi connectivity index (χ2n) is 11.1. The second-order valence-corrected chi connectivity index (χ2v) is 11.1. The molecule has 1 saturated heterocycles. The number of pyridine rings is 1. The fraction of sp³-hybridized carbons (Fsp3) is 0.286. The van der Waals surface area contributed by atoms with Crippen molar-refractivity contribution in [2.75, 3.05) is 20.2 Å². The Morgan fingerprint density at radius 3 is 2.69 bits per heavy atom. The molecule has 0 spiro atoms. The number of likely N-dealkylation sites (tertiary alicyclic amines) is 1. The van der Waals surface area contributed by atoms with E-state index in [1.165, 1.54) is 16.5 Å². The number of rotatable bonds is 10. The number of carbonyl (C=O) groups excluding carboxylic acids is 1. The van der Waals surface area contributed by atoms with Gasteiger partial charge in [-0.05, 0) is 79.9 Å². The summed E-state index contributed by atoms with van der Waals surface area (Å²) < 4.78 is 8.16. The number of benzene rings is 3. The molecule has 1 amide bonds. The van der Waals surface area contributed by atoms with Gasteiger partial charge in [0, 0.05) is 67.3 Å². The number of imidazole rings is 1. The SMILES string of the molecule is CN(Cc1cccc(OCCC2CCCCN2C(=O)c2ccc(-n3ccnc3)cc2)c1)Cc1cccc2cccnc12. The maximum Gasteiger partial charge on any atom is 0.254 e. The smallest absolute Gasteiger partial charge is 0.254 e. The molecule has 0 N–H and O–H groups in total. The molecule has 7 nitrogen and oxygen atoms in total. The first-order chi connectivity index (χ1) is 20.6. The predicted octanol–water partition coefficient (Wildman–Crippen LogP) is 6.52. The molecule has 6 rings (SSSR count). The zero-order valence-electron chi connectivity index (χ0n) is 24.1. The van der Waals surface area contributed by atoms with Gasteiger partial charge < -0.3 is 14.2 Å². The molecule has 1 fully saturated rings. The molecule has 1 aliphatic rings. The van der Waals surface area contributed by atoms with Crippen molar-refractivity contribution in [2.24, 2.45) is 0 Å². The molecule has 0 saturated carbocycles. The Hall–Kier alpha value is -4.49. The molecule has 0 aliphatic carbocycles. The molecule has 214 valence electrons. The Bertz CT molecular complexity index is 1610. The molecule has 2 aromatic heterocycles. The minimum atomic E-state index is 0.100. The lowest BCUT2D eigenvalue weighted by molar-refractivity contribution is 0.0580. The molecule has 1 aliphatic heterocycles. The quantitative estimate of drug-likeness (QED) is 0.195. The van der Waals surface area contributed by atoms with Crippen LogP contribution in [0, 0.1) is 0 Å². The topological polar surface area (TPSA) is 63.5 Å². The van der Waals surface area contributed by atoms with E-state index in [0.717, 1.165) is 67.8 Å². The Morgan fingerprint density at radius 1 is 0.976 bits per heavy atom. The zero-order valence-corrected chi connectivity index (χ0v) is 24.1. The van der Waals surface area contributed by atoms with Gasteiger partial charge in [-0.3, -0.25) is 14.7 Å². The summed E-state index contributed by atoms with van der Waals surface area (Å²) in [5.41, 5.74) is 5.21.